The van der Waals surface area contributed by atoms with Crippen LogP contribution in [0.25, 0.3) is 33.3 Å². The summed E-state index contributed by atoms with van der Waals surface area (Å²) in [6, 6.07) is 10.7. The molecule has 6 bridgehead atoms. The number of amides is 3. The van der Waals surface area contributed by atoms with Crippen molar-refractivity contribution in [1.82, 2.24) is 30.2 Å². The van der Waals surface area contributed by atoms with E-state index in [0.717, 1.165) is 45.3 Å². The maximum Gasteiger partial charge on any atom is 0.324 e. The fourth-order valence-electron chi connectivity index (χ4n) is 9.37. The molecule has 0 radical (unpaired) electrons. The molecule has 5 N–H and O–H groups in total. The zero-order valence-corrected chi connectivity index (χ0v) is 36.5. The van der Waals surface area contributed by atoms with Crippen molar-refractivity contribution in [3.8, 4) is 28.1 Å². The molecule has 3 aliphatic rings. The van der Waals surface area contributed by atoms with Gasteiger partial charge in [0.2, 0.25) is 11.8 Å². The van der Waals surface area contributed by atoms with Gasteiger partial charge < -0.3 is 35.1 Å². The number of nitrogens with zero attached hydrogens (tertiary/aromatic N) is 4. The fraction of sp³-hybridized carbons (Fsp3) is 0.511. The third-order valence-corrected chi connectivity index (χ3v) is 12.5. The normalized spacial score (nSPS) is 22.5. The van der Waals surface area contributed by atoms with Gasteiger partial charge in [0.15, 0.2) is 0 Å². The summed E-state index contributed by atoms with van der Waals surface area (Å²) in [5.41, 5.74) is 15.5. The molecule has 2 aromatic heterocycles. The largest absolute Gasteiger partial charge is 0.508 e. The number of hydrogen-bond acceptors (Lipinski definition) is 10. The molecular formula is C47H61N7O7. The van der Waals surface area contributed by atoms with E-state index >= 15 is 0 Å². The Morgan fingerprint density at radius 2 is 1.89 bits per heavy atom. The number of hydrazine groups is 1. The Kier molecular flexibility index (Phi) is 12.6. The Hall–Kier alpha value is -5.31. The maximum absolute atomic E-state index is 14.6. The van der Waals surface area contributed by atoms with E-state index in [1.54, 1.807) is 19.2 Å². The minimum atomic E-state index is -1.26. The second-order valence-electron chi connectivity index (χ2n) is 18.2. The molecule has 14 nitrogen and oxygen atoms in total. The highest BCUT2D eigenvalue weighted by Gasteiger charge is 2.44. The van der Waals surface area contributed by atoms with Gasteiger partial charge in [-0.1, -0.05) is 46.8 Å². The van der Waals surface area contributed by atoms with Gasteiger partial charge in [0.05, 0.1) is 18.9 Å². The number of cyclic esters (lactones) is 1. The van der Waals surface area contributed by atoms with E-state index in [2.05, 4.69) is 66.2 Å². The number of benzene rings is 2. The molecule has 4 aromatic rings. The second-order valence-corrected chi connectivity index (χ2v) is 18.2. The van der Waals surface area contributed by atoms with Crippen LogP contribution in [-0.2, 0) is 54.5 Å². The minimum Gasteiger partial charge on any atom is -0.508 e. The zero-order chi connectivity index (χ0) is 43.8. The first-order valence-electron chi connectivity index (χ1n) is 21.6. The summed E-state index contributed by atoms with van der Waals surface area (Å²) in [6.07, 6.45) is 6.50. The molecule has 2 aromatic carbocycles. The summed E-state index contributed by atoms with van der Waals surface area (Å²) in [5.74, 6) is -2.20. The van der Waals surface area contributed by atoms with Crippen molar-refractivity contribution in [2.75, 3.05) is 33.4 Å². The first kappa shape index (κ1) is 43.8. The lowest BCUT2D eigenvalue weighted by molar-refractivity contribution is -0.155. The monoisotopic (exact) mass is 835 g/mol. The smallest absolute Gasteiger partial charge is 0.324 e. The Bertz CT molecular complexity index is 2310. The minimum absolute atomic E-state index is 0.00645. The summed E-state index contributed by atoms with van der Waals surface area (Å²) >= 11 is 0. The molecule has 0 saturated carbocycles. The number of carbonyl (C=O) groups excluding carboxylic acids is 4. The number of aromatic hydroxyl groups is 1. The standard InChI is InChI=1S/C47H61N7O7/c1-8-30-14-16-49-25-36(30)41-35-24-46(5,6)26-61-44(58)37-11-10-17-54(51-37)43(57)38(50-42(56)40(28(3)4)52(7)45(59)47(48)15-18-60-27-47)21-29-19-32(22-33(55)20-29)31-12-13-39(34(35)23-31)53(41)9-2/h12-14,16,19-20,22-23,25,28,37-38,40,51,55H,8-11,15,17-18,21,24,26-27,48H2,1-7H3,(H,50,56)/t37-,38-,40-,47+/m0/s1. The number of aromatic nitrogens is 2. The van der Waals surface area contributed by atoms with Crippen LogP contribution in [0.4, 0.5) is 0 Å². The van der Waals surface area contributed by atoms with E-state index in [-0.39, 0.29) is 31.3 Å². The average Bonchev–Trinajstić information content (AvgIpc) is 3.82. The molecule has 0 unspecified atom stereocenters. The molecular weight excluding hydrogens is 775 g/mol. The maximum atomic E-state index is 14.6. The lowest BCUT2D eigenvalue weighted by Crippen LogP contribution is -2.64. The highest BCUT2D eigenvalue weighted by Crippen LogP contribution is 2.41. The van der Waals surface area contributed by atoms with Crippen molar-refractivity contribution in [3.05, 3.63) is 71.5 Å². The Balaban J connectivity index is 1.33. The third kappa shape index (κ3) is 8.89. The van der Waals surface area contributed by atoms with Gasteiger partial charge in [-0.2, -0.15) is 0 Å². The van der Waals surface area contributed by atoms with E-state index in [1.807, 2.05) is 38.4 Å². The number of aryl methyl sites for hydroxylation is 2. The number of nitrogens with two attached hydrogens (primary N) is 1. The number of nitrogens with one attached hydrogen (secondary N) is 2. The fourth-order valence-corrected chi connectivity index (χ4v) is 9.37. The van der Waals surface area contributed by atoms with E-state index in [1.165, 1.54) is 15.5 Å². The molecule has 3 aliphatic heterocycles. The van der Waals surface area contributed by atoms with Crippen molar-refractivity contribution in [1.29, 1.82) is 0 Å². The Morgan fingerprint density at radius 1 is 1.10 bits per heavy atom. The van der Waals surface area contributed by atoms with Crippen LogP contribution in [0, 0.1) is 11.3 Å². The SMILES string of the molecule is CCc1ccncc1-c1c2c3cc(ccc3n1CC)-c1cc(O)cc(c1)C[C@H](NC(=O)[C@H](C(C)C)N(C)C(=O)[C@@]1(N)CCOC1)C(=O)N1CCC[C@H](N1)C(=O)OCC(C)(C)C2. The number of fused-ring (bicyclic) bond motifs is 6. The Labute approximate surface area is 358 Å². The number of phenols is 1. The van der Waals surface area contributed by atoms with E-state index in [4.69, 9.17) is 15.2 Å². The van der Waals surface area contributed by atoms with Crippen molar-refractivity contribution in [2.24, 2.45) is 17.1 Å². The van der Waals surface area contributed by atoms with Crippen LogP contribution < -0.4 is 16.5 Å². The molecule has 14 heteroatoms. The predicted molar refractivity (Wildman–Crippen MR) is 233 cm³/mol. The number of rotatable bonds is 8. The first-order chi connectivity index (χ1) is 29.0. The average molecular weight is 836 g/mol. The zero-order valence-electron chi connectivity index (χ0n) is 36.5. The summed E-state index contributed by atoms with van der Waals surface area (Å²) < 4.78 is 13.9. The van der Waals surface area contributed by atoms with Crippen LogP contribution in [0.1, 0.15) is 77.5 Å². The highest BCUT2D eigenvalue weighted by atomic mass is 16.5. The van der Waals surface area contributed by atoms with Gasteiger partial charge in [-0.25, -0.2) is 5.43 Å². The molecule has 4 atom stereocenters. The summed E-state index contributed by atoms with van der Waals surface area (Å²) in [7, 11) is 1.55. The molecule has 2 saturated heterocycles. The number of pyridine rings is 1. The quantitative estimate of drug-likeness (QED) is 0.178. The lowest BCUT2D eigenvalue weighted by Gasteiger charge is -2.37. The van der Waals surface area contributed by atoms with E-state index in [0.29, 0.717) is 50.9 Å². The summed E-state index contributed by atoms with van der Waals surface area (Å²) in [5, 5.41) is 16.7. The van der Waals surface area contributed by atoms with Gasteiger partial charge in [-0.05, 0) is 103 Å². The molecule has 7 rings (SSSR count). The number of ether oxygens (including phenoxy) is 2. The van der Waals surface area contributed by atoms with Crippen molar-refractivity contribution >= 4 is 34.6 Å². The number of phenolic OH excluding ortho intramolecular Hbond substituents is 1. The molecule has 5 heterocycles. The lowest BCUT2D eigenvalue weighted by atomic mass is 9.84. The summed E-state index contributed by atoms with van der Waals surface area (Å²) in [4.78, 5) is 62.4. The molecule has 0 aliphatic carbocycles. The Morgan fingerprint density at radius 3 is 2.59 bits per heavy atom. The van der Waals surface area contributed by atoms with Gasteiger partial charge in [0.25, 0.3) is 5.91 Å². The van der Waals surface area contributed by atoms with Crippen LogP contribution in [0.5, 0.6) is 5.75 Å². The first-order valence-corrected chi connectivity index (χ1v) is 21.6. The van der Waals surface area contributed by atoms with Crippen LogP contribution >= 0.6 is 0 Å². The van der Waals surface area contributed by atoms with Gasteiger partial charge in [0.1, 0.15) is 29.4 Å². The van der Waals surface area contributed by atoms with Crippen molar-refractivity contribution in [2.45, 2.75) is 110 Å². The van der Waals surface area contributed by atoms with Crippen molar-refractivity contribution < 1.29 is 33.8 Å². The van der Waals surface area contributed by atoms with Crippen LogP contribution in [0.3, 0.4) is 0 Å². The number of likely N-dealkylation sites (N-methyl/N-ethyl adjacent to an activating group) is 1. The van der Waals surface area contributed by atoms with E-state index in [9.17, 15) is 24.3 Å². The second kappa shape index (κ2) is 17.6. The molecule has 2 fully saturated rings. The summed E-state index contributed by atoms with van der Waals surface area (Å²) in [6.45, 7) is 13.7. The van der Waals surface area contributed by atoms with Crippen LogP contribution in [-0.4, -0.2) is 105 Å². The number of carbonyl (C=O) groups is 4. The van der Waals surface area contributed by atoms with Gasteiger partial charge >= 0.3 is 5.97 Å². The van der Waals surface area contributed by atoms with E-state index < -0.39 is 52.8 Å². The third-order valence-electron chi connectivity index (χ3n) is 12.5. The number of hydrogen-bond donors (Lipinski definition) is 4. The molecule has 61 heavy (non-hydrogen) atoms. The number of esters is 1. The molecule has 3 amide bonds. The van der Waals surface area contributed by atoms with Crippen LogP contribution in [0.15, 0.2) is 54.9 Å². The van der Waals surface area contributed by atoms with Crippen molar-refractivity contribution in [3.63, 3.8) is 0 Å². The predicted octanol–water partition coefficient (Wildman–Crippen LogP) is 4.91. The van der Waals surface area contributed by atoms with Gasteiger partial charge in [-0.3, -0.25) is 29.2 Å². The molecule has 0 spiro atoms. The highest BCUT2D eigenvalue weighted by molar-refractivity contribution is 5.96. The van der Waals surface area contributed by atoms with Gasteiger partial charge in [0, 0.05) is 67.4 Å². The molecule has 326 valence electrons. The topological polar surface area (TPSA) is 181 Å². The van der Waals surface area contributed by atoms with Crippen LogP contribution in [0.2, 0.25) is 0 Å². The van der Waals surface area contributed by atoms with Gasteiger partial charge in [-0.15, -0.1) is 0 Å².